The molecule has 1 aliphatic rings. The highest BCUT2D eigenvalue weighted by molar-refractivity contribution is 8.19. The molecule has 0 N–H and O–H groups in total. The van der Waals surface area contributed by atoms with Gasteiger partial charge in [0.2, 0.25) is 0 Å². The van der Waals surface area contributed by atoms with Crippen LogP contribution in [0.1, 0.15) is 19.4 Å². The molecule has 27 heavy (non-hydrogen) atoms. The minimum absolute atomic E-state index is 0.324. The number of carbonyl (C=O) groups is 2. The van der Waals surface area contributed by atoms with E-state index < -0.39 is 0 Å². The van der Waals surface area contributed by atoms with E-state index in [2.05, 4.69) is 0 Å². The lowest BCUT2D eigenvalue weighted by Gasteiger charge is -2.12. The summed E-state index contributed by atoms with van der Waals surface area (Å²) < 4.78 is 11.2. The second kappa shape index (κ2) is 8.50. The summed E-state index contributed by atoms with van der Waals surface area (Å²) in [6.45, 7) is 4.80. The van der Waals surface area contributed by atoms with Gasteiger partial charge in [-0.15, -0.1) is 0 Å². The van der Waals surface area contributed by atoms with E-state index in [0.29, 0.717) is 45.9 Å². The second-order valence-corrected chi connectivity index (χ2v) is 6.99. The maximum atomic E-state index is 12.8. The predicted octanol–water partition coefficient (Wildman–Crippen LogP) is 5.38. The highest BCUT2D eigenvalue weighted by Crippen LogP contribution is 2.38. The molecule has 0 aromatic heterocycles. The van der Waals surface area contributed by atoms with Gasteiger partial charge in [-0.25, -0.2) is 4.90 Å². The van der Waals surface area contributed by atoms with Crippen LogP contribution in [0.5, 0.6) is 11.5 Å². The molecule has 0 unspecified atom stereocenters. The molecule has 2 amide bonds. The van der Waals surface area contributed by atoms with E-state index in [4.69, 9.17) is 21.1 Å². The van der Waals surface area contributed by atoms with Crippen molar-refractivity contribution in [3.8, 4) is 11.5 Å². The van der Waals surface area contributed by atoms with Crippen molar-refractivity contribution in [3.63, 3.8) is 0 Å². The van der Waals surface area contributed by atoms with Gasteiger partial charge < -0.3 is 9.47 Å². The summed E-state index contributed by atoms with van der Waals surface area (Å²) in [6, 6.07) is 12.0. The number of rotatable bonds is 6. The molecule has 0 radical (unpaired) electrons. The molecular formula is C20H18ClNO4S. The molecule has 5 nitrogen and oxygen atoms in total. The molecular weight excluding hydrogens is 386 g/mol. The smallest absolute Gasteiger partial charge is 0.298 e. The lowest BCUT2D eigenvalue weighted by Crippen LogP contribution is -2.27. The van der Waals surface area contributed by atoms with Gasteiger partial charge >= 0.3 is 0 Å². The maximum Gasteiger partial charge on any atom is 0.298 e. The Morgan fingerprint density at radius 2 is 1.85 bits per heavy atom. The molecule has 0 atom stereocenters. The van der Waals surface area contributed by atoms with Crippen LogP contribution < -0.4 is 14.4 Å². The van der Waals surface area contributed by atoms with Crippen LogP contribution in [0.25, 0.3) is 6.08 Å². The first-order valence-corrected chi connectivity index (χ1v) is 9.66. The van der Waals surface area contributed by atoms with Crippen LogP contribution in [0.2, 0.25) is 5.02 Å². The van der Waals surface area contributed by atoms with Gasteiger partial charge in [0.1, 0.15) is 11.5 Å². The number of hydrogen-bond donors (Lipinski definition) is 0. The van der Waals surface area contributed by atoms with E-state index in [-0.39, 0.29) is 11.1 Å². The minimum atomic E-state index is -0.386. The molecule has 3 rings (SSSR count). The van der Waals surface area contributed by atoms with Crippen molar-refractivity contribution in [1.82, 2.24) is 0 Å². The SMILES string of the molecule is CCOc1ccc(/C=C2/SC(=O)N(c3cccc(Cl)c3)C2=O)c(OCC)c1. The topological polar surface area (TPSA) is 55.8 Å². The number of anilines is 1. The number of carbonyl (C=O) groups excluding carboxylic acids is 2. The Bertz CT molecular complexity index is 913. The summed E-state index contributed by atoms with van der Waals surface area (Å²) in [7, 11) is 0. The Labute approximate surface area is 166 Å². The van der Waals surface area contributed by atoms with E-state index in [9.17, 15) is 9.59 Å². The fourth-order valence-corrected chi connectivity index (χ4v) is 3.63. The molecule has 1 aliphatic heterocycles. The number of ether oxygens (including phenoxy) is 2. The first-order valence-electron chi connectivity index (χ1n) is 8.46. The molecule has 2 aromatic rings. The van der Waals surface area contributed by atoms with Crippen molar-refractivity contribution >= 4 is 46.3 Å². The van der Waals surface area contributed by atoms with E-state index in [1.807, 2.05) is 19.9 Å². The molecule has 0 spiro atoms. The van der Waals surface area contributed by atoms with Crippen molar-refractivity contribution in [1.29, 1.82) is 0 Å². The summed E-state index contributed by atoms with van der Waals surface area (Å²) in [4.78, 5) is 26.6. The summed E-state index contributed by atoms with van der Waals surface area (Å²) in [5, 5.41) is 0.0955. The third-order valence-electron chi connectivity index (χ3n) is 3.74. The molecule has 0 saturated carbocycles. The zero-order valence-corrected chi connectivity index (χ0v) is 16.5. The highest BCUT2D eigenvalue weighted by atomic mass is 35.5. The fraction of sp³-hybridized carbons (Fsp3) is 0.200. The zero-order valence-electron chi connectivity index (χ0n) is 14.9. The zero-order chi connectivity index (χ0) is 19.4. The van der Waals surface area contributed by atoms with E-state index in [1.165, 1.54) is 0 Å². The molecule has 1 heterocycles. The van der Waals surface area contributed by atoms with Gasteiger partial charge in [-0.05, 0) is 62.0 Å². The quantitative estimate of drug-likeness (QED) is 0.606. The van der Waals surface area contributed by atoms with Crippen LogP contribution in [0, 0.1) is 0 Å². The Hall–Kier alpha value is -2.44. The molecule has 1 fully saturated rings. The van der Waals surface area contributed by atoms with E-state index in [0.717, 1.165) is 16.7 Å². The van der Waals surface area contributed by atoms with Crippen molar-refractivity contribution in [2.24, 2.45) is 0 Å². The van der Waals surface area contributed by atoms with Gasteiger partial charge in [-0.3, -0.25) is 9.59 Å². The fourth-order valence-electron chi connectivity index (χ4n) is 2.62. The first kappa shape index (κ1) is 19.3. The Balaban J connectivity index is 1.93. The average molecular weight is 404 g/mol. The van der Waals surface area contributed by atoms with Crippen molar-refractivity contribution in [2.45, 2.75) is 13.8 Å². The number of halogens is 1. The van der Waals surface area contributed by atoms with Gasteiger partial charge in [0.25, 0.3) is 11.1 Å². The monoisotopic (exact) mass is 403 g/mol. The van der Waals surface area contributed by atoms with E-state index >= 15 is 0 Å². The number of imide groups is 1. The molecule has 140 valence electrons. The van der Waals surface area contributed by atoms with Gasteiger partial charge in [0.05, 0.1) is 23.8 Å². The number of amides is 2. The van der Waals surface area contributed by atoms with E-state index in [1.54, 1.807) is 42.5 Å². The largest absolute Gasteiger partial charge is 0.494 e. The summed E-state index contributed by atoms with van der Waals surface area (Å²) >= 11 is 6.87. The Morgan fingerprint density at radius 1 is 1.07 bits per heavy atom. The van der Waals surface area contributed by atoms with Crippen molar-refractivity contribution in [3.05, 3.63) is 58.0 Å². The van der Waals surface area contributed by atoms with Crippen molar-refractivity contribution in [2.75, 3.05) is 18.1 Å². The van der Waals surface area contributed by atoms with Crippen LogP contribution in [0.3, 0.4) is 0 Å². The Morgan fingerprint density at radius 3 is 2.56 bits per heavy atom. The highest BCUT2D eigenvalue weighted by Gasteiger charge is 2.36. The lowest BCUT2D eigenvalue weighted by atomic mass is 10.1. The molecule has 1 saturated heterocycles. The molecule has 0 bridgehead atoms. The first-order chi connectivity index (χ1) is 13.0. The average Bonchev–Trinajstić information content (AvgIpc) is 2.91. The van der Waals surface area contributed by atoms with Crippen LogP contribution in [-0.4, -0.2) is 24.4 Å². The van der Waals surface area contributed by atoms with Crippen LogP contribution in [0.4, 0.5) is 10.5 Å². The number of benzene rings is 2. The van der Waals surface area contributed by atoms with Gasteiger partial charge in [-0.1, -0.05) is 17.7 Å². The second-order valence-electron chi connectivity index (χ2n) is 5.56. The molecule has 2 aromatic carbocycles. The number of hydrogen-bond acceptors (Lipinski definition) is 5. The normalized spacial score (nSPS) is 15.5. The number of nitrogens with zero attached hydrogens (tertiary/aromatic N) is 1. The summed E-state index contributed by atoms with van der Waals surface area (Å²) in [5.41, 5.74) is 1.15. The lowest BCUT2D eigenvalue weighted by molar-refractivity contribution is -0.113. The van der Waals surface area contributed by atoms with Crippen LogP contribution in [0.15, 0.2) is 47.4 Å². The van der Waals surface area contributed by atoms with Crippen LogP contribution in [-0.2, 0) is 4.79 Å². The minimum Gasteiger partial charge on any atom is -0.494 e. The van der Waals surface area contributed by atoms with Gasteiger partial charge in [0.15, 0.2) is 0 Å². The van der Waals surface area contributed by atoms with Crippen LogP contribution >= 0.6 is 23.4 Å². The maximum absolute atomic E-state index is 12.8. The number of thioether (sulfide) groups is 1. The third-order valence-corrected chi connectivity index (χ3v) is 4.85. The van der Waals surface area contributed by atoms with Gasteiger partial charge in [-0.2, -0.15) is 0 Å². The third kappa shape index (κ3) is 4.28. The Kier molecular flexibility index (Phi) is 6.08. The van der Waals surface area contributed by atoms with Gasteiger partial charge in [0, 0.05) is 16.7 Å². The van der Waals surface area contributed by atoms with Crippen molar-refractivity contribution < 1.29 is 19.1 Å². The summed E-state index contributed by atoms with van der Waals surface area (Å²) in [6.07, 6.45) is 1.66. The summed E-state index contributed by atoms with van der Waals surface area (Å²) in [5.74, 6) is 0.895. The molecule has 0 aliphatic carbocycles. The predicted molar refractivity (Wildman–Crippen MR) is 109 cm³/mol. The molecule has 7 heteroatoms. The standard InChI is InChI=1S/C20H18ClNO4S/c1-3-25-16-9-8-13(17(12-16)26-4-2)10-18-19(23)22(20(24)27-18)15-7-5-6-14(21)11-15/h5-12H,3-4H2,1-2H3/b18-10+.